The topological polar surface area (TPSA) is 37.3 Å². The van der Waals surface area contributed by atoms with Crippen molar-refractivity contribution >= 4 is 5.97 Å². The van der Waals surface area contributed by atoms with Crippen LogP contribution in [-0.4, -0.2) is 11.1 Å². The largest absolute Gasteiger partial charge is 0.481 e. The molecule has 2 aliphatic rings. The van der Waals surface area contributed by atoms with Crippen LogP contribution in [0.1, 0.15) is 26.7 Å². The summed E-state index contributed by atoms with van der Waals surface area (Å²) in [5.41, 5.74) is 1.45. The third kappa shape index (κ3) is 0.838. The van der Waals surface area contributed by atoms with Crippen LogP contribution in [0.2, 0.25) is 0 Å². The van der Waals surface area contributed by atoms with Gasteiger partial charge in [-0.25, -0.2) is 0 Å². The van der Waals surface area contributed by atoms with Gasteiger partial charge >= 0.3 is 5.97 Å². The van der Waals surface area contributed by atoms with Gasteiger partial charge in [-0.1, -0.05) is 18.6 Å². The normalized spacial score (nSPS) is 44.7. The molecular formula is C10H14O2. The van der Waals surface area contributed by atoms with E-state index in [0.717, 1.165) is 12.8 Å². The van der Waals surface area contributed by atoms with E-state index < -0.39 is 5.97 Å². The van der Waals surface area contributed by atoms with Crippen molar-refractivity contribution in [1.29, 1.82) is 0 Å². The van der Waals surface area contributed by atoms with Gasteiger partial charge in [-0.15, -0.1) is 0 Å². The molecule has 0 aromatic carbocycles. The van der Waals surface area contributed by atoms with Crippen LogP contribution in [0, 0.1) is 17.3 Å². The molecule has 3 atom stereocenters. The minimum Gasteiger partial charge on any atom is -0.481 e. The minimum atomic E-state index is -0.617. The highest BCUT2D eigenvalue weighted by molar-refractivity contribution is 5.76. The fourth-order valence-electron chi connectivity index (χ4n) is 2.50. The Hall–Kier alpha value is -0.790. The van der Waals surface area contributed by atoms with E-state index in [2.05, 4.69) is 19.9 Å². The Balaban J connectivity index is 2.23. The lowest BCUT2D eigenvalue weighted by Gasteiger charge is -2.14. The zero-order valence-electron chi connectivity index (χ0n) is 7.50. The van der Waals surface area contributed by atoms with Crippen molar-refractivity contribution in [3.05, 3.63) is 11.6 Å². The fraction of sp³-hybridized carbons (Fsp3) is 0.700. The molecule has 1 saturated carbocycles. The molecule has 0 spiro atoms. The first-order chi connectivity index (χ1) is 5.55. The lowest BCUT2D eigenvalue weighted by Crippen LogP contribution is -2.07. The molecule has 0 heterocycles. The first-order valence-electron chi connectivity index (χ1n) is 4.46. The van der Waals surface area contributed by atoms with Crippen molar-refractivity contribution in [1.82, 2.24) is 0 Å². The number of allylic oxidation sites excluding steroid dienone is 2. The first kappa shape index (κ1) is 7.84. The standard InChI is InChI=1S/C10H14O2/c1-6-3-4-10(2)7(5-6)8(10)9(11)12/h5,7-8H,3-4H2,1-2H3,(H,11,12)/t7-,8+,10-/m0/s1. The van der Waals surface area contributed by atoms with E-state index >= 15 is 0 Å². The van der Waals surface area contributed by atoms with Crippen molar-refractivity contribution in [3.63, 3.8) is 0 Å². The van der Waals surface area contributed by atoms with E-state index in [1.807, 2.05) is 0 Å². The molecule has 0 saturated heterocycles. The molecule has 1 N–H and O–H groups in total. The second-order valence-corrected chi connectivity index (χ2v) is 4.36. The molecule has 66 valence electrons. The number of carboxylic acid groups (broad SMARTS) is 1. The van der Waals surface area contributed by atoms with E-state index in [1.54, 1.807) is 0 Å². The van der Waals surface area contributed by atoms with Gasteiger partial charge < -0.3 is 5.11 Å². The van der Waals surface area contributed by atoms with Gasteiger partial charge in [-0.05, 0) is 31.1 Å². The molecule has 0 amide bonds. The van der Waals surface area contributed by atoms with Gasteiger partial charge in [0.15, 0.2) is 0 Å². The summed E-state index contributed by atoms with van der Waals surface area (Å²) in [6.45, 7) is 4.19. The Morgan fingerprint density at radius 3 is 2.92 bits per heavy atom. The third-order valence-corrected chi connectivity index (χ3v) is 3.51. The summed E-state index contributed by atoms with van der Waals surface area (Å²) in [4.78, 5) is 10.8. The van der Waals surface area contributed by atoms with Gasteiger partial charge in [-0.2, -0.15) is 0 Å². The van der Waals surface area contributed by atoms with Gasteiger partial charge in [0.2, 0.25) is 0 Å². The summed E-state index contributed by atoms with van der Waals surface area (Å²) in [5.74, 6) is -0.396. The van der Waals surface area contributed by atoms with E-state index in [0.29, 0.717) is 5.92 Å². The minimum absolute atomic E-state index is 0.0886. The van der Waals surface area contributed by atoms with Crippen LogP contribution >= 0.6 is 0 Å². The highest BCUT2D eigenvalue weighted by Gasteiger charge is 2.64. The third-order valence-electron chi connectivity index (χ3n) is 3.51. The Morgan fingerprint density at radius 1 is 1.75 bits per heavy atom. The monoisotopic (exact) mass is 166 g/mol. The molecule has 0 aromatic rings. The summed E-state index contributed by atoms with van der Waals surface area (Å²) in [6.07, 6.45) is 4.29. The second kappa shape index (κ2) is 2.12. The van der Waals surface area contributed by atoms with Gasteiger partial charge in [0.1, 0.15) is 0 Å². The molecule has 2 heteroatoms. The molecular weight excluding hydrogens is 152 g/mol. The van der Waals surface area contributed by atoms with Gasteiger partial charge in [0.05, 0.1) is 5.92 Å². The number of rotatable bonds is 1. The lowest BCUT2D eigenvalue weighted by molar-refractivity contribution is -0.139. The van der Waals surface area contributed by atoms with Crippen LogP contribution in [0.25, 0.3) is 0 Å². The maximum absolute atomic E-state index is 10.8. The van der Waals surface area contributed by atoms with Gasteiger partial charge in [-0.3, -0.25) is 4.79 Å². The van der Waals surface area contributed by atoms with Crippen LogP contribution in [0.4, 0.5) is 0 Å². The van der Waals surface area contributed by atoms with E-state index in [9.17, 15) is 4.79 Å². The van der Waals surface area contributed by atoms with Crippen molar-refractivity contribution in [2.24, 2.45) is 17.3 Å². The number of hydrogen-bond acceptors (Lipinski definition) is 1. The van der Waals surface area contributed by atoms with Crippen molar-refractivity contribution < 1.29 is 9.90 Å². The zero-order chi connectivity index (χ0) is 8.93. The van der Waals surface area contributed by atoms with Gasteiger partial charge in [0, 0.05) is 0 Å². The number of aliphatic carboxylic acids is 1. The summed E-state index contributed by atoms with van der Waals surface area (Å²) >= 11 is 0. The predicted molar refractivity (Wildman–Crippen MR) is 45.7 cm³/mol. The second-order valence-electron chi connectivity index (χ2n) is 4.36. The SMILES string of the molecule is CC1=C[C@H]2[C@H](C(=O)O)[C@@]2(C)CC1. The number of hydrogen-bond donors (Lipinski definition) is 1. The molecule has 0 bridgehead atoms. The van der Waals surface area contributed by atoms with Crippen molar-refractivity contribution in [2.75, 3.05) is 0 Å². The molecule has 2 rings (SSSR count). The summed E-state index contributed by atoms with van der Waals surface area (Å²) in [7, 11) is 0. The molecule has 12 heavy (non-hydrogen) atoms. The average Bonchev–Trinajstić information content (AvgIpc) is 2.55. The zero-order valence-corrected chi connectivity index (χ0v) is 7.50. The predicted octanol–water partition coefficient (Wildman–Crippen LogP) is 2.06. The van der Waals surface area contributed by atoms with Crippen LogP contribution in [0.5, 0.6) is 0 Å². The van der Waals surface area contributed by atoms with Crippen LogP contribution in [-0.2, 0) is 4.79 Å². The Bertz CT molecular complexity index is 267. The fourth-order valence-corrected chi connectivity index (χ4v) is 2.50. The van der Waals surface area contributed by atoms with Gasteiger partial charge in [0.25, 0.3) is 0 Å². The maximum Gasteiger partial charge on any atom is 0.307 e. The highest BCUT2D eigenvalue weighted by Crippen LogP contribution is 2.64. The number of fused-ring (bicyclic) bond motifs is 1. The molecule has 2 aliphatic carbocycles. The van der Waals surface area contributed by atoms with Crippen LogP contribution in [0.15, 0.2) is 11.6 Å². The summed E-state index contributed by atoms with van der Waals surface area (Å²) in [5, 5.41) is 8.91. The Morgan fingerprint density at radius 2 is 2.42 bits per heavy atom. The quantitative estimate of drug-likeness (QED) is 0.605. The van der Waals surface area contributed by atoms with E-state index in [-0.39, 0.29) is 11.3 Å². The number of carbonyl (C=O) groups is 1. The van der Waals surface area contributed by atoms with Crippen molar-refractivity contribution in [3.8, 4) is 0 Å². The van der Waals surface area contributed by atoms with Crippen LogP contribution in [0.3, 0.4) is 0 Å². The summed E-state index contributed by atoms with van der Waals surface area (Å²) < 4.78 is 0. The van der Waals surface area contributed by atoms with E-state index in [4.69, 9.17) is 5.11 Å². The molecule has 0 aliphatic heterocycles. The molecule has 0 aromatic heterocycles. The van der Waals surface area contributed by atoms with E-state index in [1.165, 1.54) is 5.57 Å². The molecule has 0 unspecified atom stereocenters. The first-order valence-corrected chi connectivity index (χ1v) is 4.46. The van der Waals surface area contributed by atoms with Crippen LogP contribution < -0.4 is 0 Å². The lowest BCUT2D eigenvalue weighted by atomic mass is 9.90. The number of carboxylic acids is 1. The average molecular weight is 166 g/mol. The molecule has 0 radical (unpaired) electrons. The Kier molecular flexibility index (Phi) is 1.39. The Labute approximate surface area is 72.3 Å². The smallest absolute Gasteiger partial charge is 0.307 e. The molecule has 2 nitrogen and oxygen atoms in total. The summed E-state index contributed by atoms with van der Waals surface area (Å²) in [6, 6.07) is 0. The highest BCUT2D eigenvalue weighted by atomic mass is 16.4. The maximum atomic E-state index is 10.8. The molecule has 1 fully saturated rings. The van der Waals surface area contributed by atoms with Crippen molar-refractivity contribution in [2.45, 2.75) is 26.7 Å².